The second-order valence-corrected chi connectivity index (χ2v) is 10.7. The highest BCUT2D eigenvalue weighted by Gasteiger charge is 2.28. The highest BCUT2D eigenvalue weighted by atomic mass is 16.6. The predicted octanol–water partition coefficient (Wildman–Crippen LogP) is 2.67. The van der Waals surface area contributed by atoms with Crippen LogP contribution in [0.4, 0.5) is 0 Å². The number of carboxylic acid groups (broad SMARTS) is 1. The van der Waals surface area contributed by atoms with Crippen LogP contribution in [0.5, 0.6) is 5.75 Å². The van der Waals surface area contributed by atoms with E-state index in [2.05, 4.69) is 0 Å². The summed E-state index contributed by atoms with van der Waals surface area (Å²) in [6.45, 7) is 3.57. The molecule has 14 heteroatoms. The van der Waals surface area contributed by atoms with Gasteiger partial charge in [-0.05, 0) is 50.0 Å². The van der Waals surface area contributed by atoms with Gasteiger partial charge in [-0.15, -0.1) is 0 Å². The number of methoxy groups -OCH3 is 1. The maximum atomic E-state index is 11.7. The molecule has 0 saturated carbocycles. The minimum Gasteiger partial charge on any atom is -0.512 e. The quantitative estimate of drug-likeness (QED) is 0.0334. The lowest BCUT2D eigenvalue weighted by atomic mass is 9.99. The molecule has 0 spiro atoms. The molecular formula is C34H42O14. The summed E-state index contributed by atoms with van der Waals surface area (Å²) in [4.78, 5) is 33.0. The average molecular weight is 675 g/mol. The largest absolute Gasteiger partial charge is 0.512 e. The van der Waals surface area contributed by atoms with Crippen molar-refractivity contribution in [2.75, 3.05) is 20.3 Å². The maximum absolute atomic E-state index is 11.7. The molecule has 262 valence electrons. The molecule has 0 radical (unpaired) electrons. The molecule has 1 heterocycles. The number of fused-ring (bicyclic) bond motifs is 1. The van der Waals surface area contributed by atoms with Crippen LogP contribution in [0.25, 0.3) is 12.2 Å². The van der Waals surface area contributed by atoms with Gasteiger partial charge < -0.3 is 54.7 Å². The van der Waals surface area contributed by atoms with Gasteiger partial charge in [-0.25, -0.2) is 9.59 Å². The number of phenols is 1. The number of aliphatic hydroxyl groups is 5. The van der Waals surface area contributed by atoms with Gasteiger partial charge in [0.05, 0.1) is 29.8 Å². The normalized spacial score (nSPS) is 18.4. The predicted molar refractivity (Wildman–Crippen MR) is 172 cm³/mol. The van der Waals surface area contributed by atoms with Crippen molar-refractivity contribution in [3.05, 3.63) is 87.9 Å². The first-order valence-electron chi connectivity index (χ1n) is 14.8. The number of carboxylic acids is 1. The number of aliphatic carboxylic acids is 1. The summed E-state index contributed by atoms with van der Waals surface area (Å²) in [6, 6.07) is 3.22. The van der Waals surface area contributed by atoms with Crippen molar-refractivity contribution in [1.82, 2.24) is 0 Å². The second-order valence-electron chi connectivity index (χ2n) is 10.7. The molecule has 0 bridgehead atoms. The van der Waals surface area contributed by atoms with Gasteiger partial charge in [0, 0.05) is 36.8 Å². The van der Waals surface area contributed by atoms with Crippen LogP contribution in [0.15, 0.2) is 71.3 Å². The number of hydrogen-bond donors (Lipinski definition) is 7. The van der Waals surface area contributed by atoms with Crippen molar-refractivity contribution < 1.29 is 69.1 Å². The molecule has 1 aliphatic carbocycles. The van der Waals surface area contributed by atoms with Crippen LogP contribution in [0, 0.1) is 0 Å². The van der Waals surface area contributed by atoms with Crippen LogP contribution in [-0.4, -0.2) is 105 Å². The highest BCUT2D eigenvalue weighted by molar-refractivity contribution is 5.89. The first kappa shape index (κ1) is 39.6. The monoisotopic (exact) mass is 674 g/mol. The van der Waals surface area contributed by atoms with Gasteiger partial charge in [0.2, 0.25) is 0 Å². The summed E-state index contributed by atoms with van der Waals surface area (Å²) < 4.78 is 20.8. The van der Waals surface area contributed by atoms with Crippen molar-refractivity contribution in [3.63, 3.8) is 0 Å². The molecule has 14 nitrogen and oxygen atoms in total. The molecule has 4 unspecified atom stereocenters. The third-order valence-electron chi connectivity index (χ3n) is 6.78. The molecule has 3 rings (SSSR count). The van der Waals surface area contributed by atoms with E-state index in [1.54, 1.807) is 44.2 Å². The lowest BCUT2D eigenvalue weighted by Crippen LogP contribution is -2.41. The standard InChI is InChI=1S/C26H34O11.C8H8O3/c1-16(36-15-17(2)37-26(34)24(31)25(32)33)12-18(10-11-35-3)13-20-9-8-19(23(30)21(20)14-27)6-4-5-7-22(28)29;9-6-1-2-7-5(3-6)4-8(10)11-7/h4-9,12-14,17,24-26,30-34H,10-11,15H2,1-3H3,(H,28,29);3-4,7,9H,1-2H2/b6-4+,7-5+,16-12+,18-13-;. The van der Waals surface area contributed by atoms with Gasteiger partial charge >= 0.3 is 11.9 Å². The van der Waals surface area contributed by atoms with Crippen molar-refractivity contribution in [2.24, 2.45) is 0 Å². The average Bonchev–Trinajstić information content (AvgIpc) is 3.40. The van der Waals surface area contributed by atoms with E-state index in [1.807, 2.05) is 0 Å². The zero-order chi connectivity index (χ0) is 35.8. The molecule has 1 aliphatic heterocycles. The van der Waals surface area contributed by atoms with Gasteiger partial charge in [-0.2, -0.15) is 0 Å². The van der Waals surface area contributed by atoms with Crippen LogP contribution in [0.3, 0.4) is 0 Å². The number of benzene rings is 1. The topological polar surface area (TPSA) is 230 Å². The Bertz CT molecular complexity index is 1450. The van der Waals surface area contributed by atoms with Crippen molar-refractivity contribution in [1.29, 1.82) is 0 Å². The number of rotatable bonds is 16. The molecular weight excluding hydrogens is 632 g/mol. The van der Waals surface area contributed by atoms with Gasteiger partial charge in [0.15, 0.2) is 25.0 Å². The molecule has 0 fully saturated rings. The molecule has 7 N–H and O–H groups in total. The Balaban J connectivity index is 0.000000602. The number of phenolic OH excluding ortho intramolecular Hbond substituents is 1. The number of esters is 1. The summed E-state index contributed by atoms with van der Waals surface area (Å²) >= 11 is 0. The van der Waals surface area contributed by atoms with Crippen LogP contribution in [0.2, 0.25) is 0 Å². The number of aldehydes is 1. The van der Waals surface area contributed by atoms with Gasteiger partial charge in [0.1, 0.15) is 18.5 Å². The van der Waals surface area contributed by atoms with Gasteiger partial charge in [0.25, 0.3) is 0 Å². The minimum atomic E-state index is -2.16. The molecule has 0 amide bonds. The van der Waals surface area contributed by atoms with Crippen LogP contribution >= 0.6 is 0 Å². The maximum Gasteiger partial charge on any atom is 0.331 e. The number of aliphatic hydroxyl groups excluding tert-OH is 4. The lowest BCUT2D eigenvalue weighted by Gasteiger charge is -2.23. The molecule has 0 saturated heterocycles. The van der Waals surface area contributed by atoms with Gasteiger partial charge in [-0.1, -0.05) is 36.4 Å². The third-order valence-corrected chi connectivity index (χ3v) is 6.78. The van der Waals surface area contributed by atoms with Crippen molar-refractivity contribution in [2.45, 2.75) is 64.0 Å². The smallest absolute Gasteiger partial charge is 0.331 e. The first-order valence-corrected chi connectivity index (χ1v) is 14.8. The Morgan fingerprint density at radius 3 is 2.46 bits per heavy atom. The van der Waals surface area contributed by atoms with E-state index in [1.165, 1.54) is 31.4 Å². The highest BCUT2D eigenvalue weighted by Crippen LogP contribution is 2.29. The Morgan fingerprint density at radius 2 is 1.81 bits per heavy atom. The summed E-state index contributed by atoms with van der Waals surface area (Å²) in [5, 5.41) is 65.1. The Hall–Kier alpha value is -4.57. The summed E-state index contributed by atoms with van der Waals surface area (Å²) in [6.07, 6.45) is 7.16. The van der Waals surface area contributed by atoms with E-state index in [0.717, 1.165) is 11.6 Å². The van der Waals surface area contributed by atoms with E-state index in [9.17, 15) is 29.7 Å². The number of hydrogen-bond acceptors (Lipinski definition) is 13. The van der Waals surface area contributed by atoms with Crippen LogP contribution in [-0.2, 0) is 28.5 Å². The fourth-order valence-corrected chi connectivity index (χ4v) is 4.36. The molecule has 0 aromatic heterocycles. The first-order chi connectivity index (χ1) is 22.7. The molecule has 1 aromatic carbocycles. The van der Waals surface area contributed by atoms with Crippen LogP contribution < -0.4 is 0 Å². The van der Waals surface area contributed by atoms with Gasteiger partial charge in [-0.3, -0.25) is 4.79 Å². The number of carbonyl (C=O) groups is 3. The molecule has 48 heavy (non-hydrogen) atoms. The Morgan fingerprint density at radius 1 is 1.10 bits per heavy atom. The fourth-order valence-electron chi connectivity index (χ4n) is 4.36. The molecule has 2 aliphatic rings. The van der Waals surface area contributed by atoms with Crippen molar-refractivity contribution >= 4 is 30.4 Å². The second kappa shape index (κ2) is 19.9. The van der Waals surface area contributed by atoms with E-state index in [-0.39, 0.29) is 30.0 Å². The fraction of sp³-hybridized carbons (Fsp3) is 0.382. The minimum absolute atomic E-state index is 0.0249. The summed E-state index contributed by atoms with van der Waals surface area (Å²) in [7, 11) is 1.54. The third kappa shape index (κ3) is 13.3. The summed E-state index contributed by atoms with van der Waals surface area (Å²) in [5.74, 6) is -0.872. The lowest BCUT2D eigenvalue weighted by molar-refractivity contribution is -0.245. The summed E-state index contributed by atoms with van der Waals surface area (Å²) in [5.41, 5.74) is 2.34. The Labute approximate surface area is 277 Å². The zero-order valence-electron chi connectivity index (χ0n) is 26.8. The Kier molecular flexibility index (Phi) is 16.5. The zero-order valence-corrected chi connectivity index (χ0v) is 26.8. The number of allylic oxidation sites excluding steroid dienone is 5. The van der Waals surface area contributed by atoms with Crippen LogP contribution in [0.1, 0.15) is 54.6 Å². The number of ether oxygens (including phenoxy) is 4. The van der Waals surface area contributed by atoms with E-state index in [0.29, 0.717) is 60.4 Å². The van der Waals surface area contributed by atoms with Crippen molar-refractivity contribution in [3.8, 4) is 5.75 Å². The molecule has 4 atom stereocenters. The number of carbonyl (C=O) groups excluding carboxylic acids is 2. The van der Waals surface area contributed by atoms with E-state index >= 15 is 0 Å². The molecule has 1 aromatic rings. The SMILES string of the molecule is COCCC(=C/c1ccc(/C=C/C=C/C(=O)O)c(O)c1C=O)/C=C(\C)OCC(C)OC(O)C(O)C(O)O.O=C1C=C2C=C(O)CCC2O1. The number of aromatic hydroxyl groups is 1. The van der Waals surface area contributed by atoms with E-state index < -0.39 is 30.8 Å². The van der Waals surface area contributed by atoms with E-state index in [4.69, 9.17) is 39.4 Å².